The van der Waals surface area contributed by atoms with Gasteiger partial charge in [0.15, 0.2) is 12.2 Å². The van der Waals surface area contributed by atoms with E-state index in [2.05, 4.69) is 20.8 Å². The number of nitrogens with zero attached hydrogens (tertiary/aromatic N) is 3. The van der Waals surface area contributed by atoms with E-state index in [0.29, 0.717) is 48.4 Å². The second kappa shape index (κ2) is 16.9. The molecular weight excluding hydrogens is 697 g/mol. The first kappa shape index (κ1) is 37.2. The molecular formula is C43H44N6O6. The van der Waals surface area contributed by atoms with E-state index in [1.165, 1.54) is 0 Å². The normalized spacial score (nSPS) is 17.8. The summed E-state index contributed by atoms with van der Waals surface area (Å²) in [7, 11) is 0. The van der Waals surface area contributed by atoms with Crippen molar-refractivity contribution in [3.8, 4) is 22.5 Å². The van der Waals surface area contributed by atoms with Gasteiger partial charge in [-0.25, -0.2) is 0 Å². The standard InChI is InChI=1S/C43H44N6O6/c50-38(25-34-13-7-23-48(34)42(54)40(52)30-9-3-1-4-10-30)44-32-19-15-28(16-20-32)36-27-37(47-46-36)29-17-21-33(22-18-29)45-39(51)26-35-14-8-24-49(35)43(55)41(53)31-11-5-2-6-12-31/h1-6,9-12,15-22,27,34-35,40-41,52-53H,7-8,13-14,23-26H2,(H,44,50)(H,45,51)(H,46,47)/t34-,35-,40-,41-/m0/s1. The predicted octanol–water partition coefficient (Wildman–Crippen LogP) is 5.85. The highest BCUT2D eigenvalue weighted by atomic mass is 16.3. The fourth-order valence-corrected chi connectivity index (χ4v) is 7.47. The van der Waals surface area contributed by atoms with Crippen LogP contribution in [-0.4, -0.2) is 79.0 Å². The number of likely N-dealkylation sites (tertiary alicyclic amines) is 2. The molecule has 0 saturated carbocycles. The van der Waals surface area contributed by atoms with Crippen LogP contribution >= 0.6 is 0 Å². The van der Waals surface area contributed by atoms with Crippen molar-refractivity contribution in [3.05, 3.63) is 126 Å². The summed E-state index contributed by atoms with van der Waals surface area (Å²) in [6.07, 6.45) is 0.719. The Hall–Kier alpha value is -6.11. The van der Waals surface area contributed by atoms with Gasteiger partial charge >= 0.3 is 0 Å². The van der Waals surface area contributed by atoms with Crippen LogP contribution in [0.3, 0.4) is 0 Å². The Morgan fingerprint density at radius 3 is 1.53 bits per heavy atom. The molecule has 5 N–H and O–H groups in total. The van der Waals surface area contributed by atoms with E-state index >= 15 is 0 Å². The van der Waals surface area contributed by atoms with Gasteiger partial charge in [0, 0.05) is 55.0 Å². The number of carbonyl (C=O) groups excluding carboxylic acids is 4. The maximum absolute atomic E-state index is 13.0. The summed E-state index contributed by atoms with van der Waals surface area (Å²) < 4.78 is 0. The number of rotatable bonds is 12. The third kappa shape index (κ3) is 8.83. The lowest BCUT2D eigenvalue weighted by molar-refractivity contribution is -0.142. The average molecular weight is 741 g/mol. The minimum atomic E-state index is -1.26. The lowest BCUT2D eigenvalue weighted by atomic mass is 10.1. The zero-order valence-corrected chi connectivity index (χ0v) is 30.3. The molecule has 1 aromatic heterocycles. The molecule has 0 aliphatic carbocycles. The molecule has 4 atom stereocenters. The summed E-state index contributed by atoms with van der Waals surface area (Å²) in [5, 5.41) is 34.7. The number of amides is 4. The highest BCUT2D eigenvalue weighted by Crippen LogP contribution is 2.29. The molecule has 282 valence electrons. The molecule has 5 aromatic rings. The van der Waals surface area contributed by atoms with Crippen LogP contribution in [0.2, 0.25) is 0 Å². The van der Waals surface area contributed by atoms with Crippen molar-refractivity contribution >= 4 is 35.0 Å². The van der Waals surface area contributed by atoms with E-state index in [4.69, 9.17) is 0 Å². The number of anilines is 2. The predicted molar refractivity (Wildman–Crippen MR) is 208 cm³/mol. The Bertz CT molecular complexity index is 1960. The summed E-state index contributed by atoms with van der Waals surface area (Å²) in [5.74, 6) is -1.18. The number of nitrogens with one attached hydrogen (secondary N) is 3. The zero-order chi connectivity index (χ0) is 38.3. The molecule has 4 aromatic carbocycles. The molecule has 4 amide bonds. The molecule has 2 fully saturated rings. The van der Waals surface area contributed by atoms with Crippen molar-refractivity contribution in [2.75, 3.05) is 23.7 Å². The van der Waals surface area contributed by atoms with Gasteiger partial charge in [-0.05, 0) is 72.7 Å². The SMILES string of the molecule is O=C(C[C@@H]1CCCN1C(=O)[C@@H](O)c1ccccc1)Nc1ccc(-c2cc(-c3ccc(NC(=O)C[C@@H]4CCCN4C(=O)[C@@H](O)c4ccccc4)cc3)[nH]n2)cc1. The molecule has 0 bridgehead atoms. The Morgan fingerprint density at radius 1 is 0.636 bits per heavy atom. The lowest BCUT2D eigenvalue weighted by Crippen LogP contribution is -2.40. The number of hydrogen-bond donors (Lipinski definition) is 5. The van der Waals surface area contributed by atoms with E-state index in [9.17, 15) is 29.4 Å². The Labute approximate surface area is 319 Å². The van der Waals surface area contributed by atoms with E-state index in [0.717, 1.165) is 35.4 Å². The van der Waals surface area contributed by atoms with Crippen LogP contribution in [0.25, 0.3) is 22.5 Å². The van der Waals surface area contributed by atoms with Crippen LogP contribution < -0.4 is 10.6 Å². The van der Waals surface area contributed by atoms with Gasteiger partial charge in [0.05, 0.1) is 11.4 Å². The lowest BCUT2D eigenvalue weighted by Gasteiger charge is -2.26. The van der Waals surface area contributed by atoms with Gasteiger partial charge in [0.25, 0.3) is 11.8 Å². The van der Waals surface area contributed by atoms with Crippen molar-refractivity contribution in [2.45, 2.75) is 62.8 Å². The highest BCUT2D eigenvalue weighted by Gasteiger charge is 2.35. The van der Waals surface area contributed by atoms with E-state index in [1.54, 1.807) is 58.3 Å². The minimum Gasteiger partial charge on any atom is -0.378 e. The smallest absolute Gasteiger partial charge is 0.256 e. The molecule has 3 heterocycles. The summed E-state index contributed by atoms with van der Waals surface area (Å²) >= 11 is 0. The van der Waals surface area contributed by atoms with Crippen molar-refractivity contribution in [2.24, 2.45) is 0 Å². The third-order valence-electron chi connectivity index (χ3n) is 10.4. The first-order valence-electron chi connectivity index (χ1n) is 18.7. The quantitative estimate of drug-likeness (QED) is 0.107. The van der Waals surface area contributed by atoms with Crippen LogP contribution in [0.5, 0.6) is 0 Å². The molecule has 2 saturated heterocycles. The summed E-state index contributed by atoms with van der Waals surface area (Å²) in [6.45, 7) is 1.02. The number of H-pyrrole nitrogens is 1. The van der Waals surface area contributed by atoms with Gasteiger partial charge in [-0.2, -0.15) is 5.10 Å². The van der Waals surface area contributed by atoms with Crippen LogP contribution in [0.15, 0.2) is 115 Å². The van der Waals surface area contributed by atoms with Crippen LogP contribution in [0, 0.1) is 0 Å². The van der Waals surface area contributed by atoms with Crippen molar-refractivity contribution < 1.29 is 29.4 Å². The summed E-state index contributed by atoms with van der Waals surface area (Å²) in [4.78, 5) is 55.3. The number of aliphatic hydroxyl groups is 2. The molecule has 12 nitrogen and oxygen atoms in total. The number of aromatic amines is 1. The fraction of sp³-hybridized carbons (Fsp3) is 0.279. The van der Waals surface area contributed by atoms with Gasteiger partial charge in [-0.15, -0.1) is 0 Å². The van der Waals surface area contributed by atoms with Crippen molar-refractivity contribution in [1.29, 1.82) is 0 Å². The van der Waals surface area contributed by atoms with Crippen molar-refractivity contribution in [3.63, 3.8) is 0 Å². The third-order valence-corrected chi connectivity index (χ3v) is 10.4. The molecule has 2 aliphatic heterocycles. The zero-order valence-electron chi connectivity index (χ0n) is 30.3. The maximum Gasteiger partial charge on any atom is 0.256 e. The second-order valence-electron chi connectivity index (χ2n) is 14.1. The second-order valence-corrected chi connectivity index (χ2v) is 14.1. The van der Waals surface area contributed by atoms with Gasteiger partial charge in [0.1, 0.15) is 0 Å². The van der Waals surface area contributed by atoms with Crippen LogP contribution in [-0.2, 0) is 19.2 Å². The number of hydrogen-bond acceptors (Lipinski definition) is 7. The van der Waals surface area contributed by atoms with Gasteiger partial charge in [-0.1, -0.05) is 84.9 Å². The summed E-state index contributed by atoms with van der Waals surface area (Å²) in [6, 6.07) is 33.8. The first-order chi connectivity index (χ1) is 26.7. The Morgan fingerprint density at radius 2 is 1.07 bits per heavy atom. The average Bonchev–Trinajstić information content (AvgIpc) is 4.00. The molecule has 0 unspecified atom stereocenters. The van der Waals surface area contributed by atoms with E-state index < -0.39 is 12.2 Å². The molecule has 12 heteroatoms. The van der Waals surface area contributed by atoms with E-state index in [-0.39, 0.29) is 48.6 Å². The molecule has 0 radical (unpaired) electrons. The van der Waals surface area contributed by atoms with Crippen LogP contribution in [0.1, 0.15) is 61.9 Å². The molecule has 55 heavy (non-hydrogen) atoms. The molecule has 7 rings (SSSR count). The molecule has 0 spiro atoms. The number of carbonyl (C=O) groups is 4. The number of aromatic nitrogens is 2. The van der Waals surface area contributed by atoms with Gasteiger partial charge in [-0.3, -0.25) is 24.3 Å². The minimum absolute atomic E-state index is 0.139. The Balaban J connectivity index is 0.894. The number of benzene rings is 4. The van der Waals surface area contributed by atoms with Gasteiger partial charge in [0.2, 0.25) is 11.8 Å². The van der Waals surface area contributed by atoms with Gasteiger partial charge < -0.3 is 30.6 Å². The monoisotopic (exact) mass is 740 g/mol. The summed E-state index contributed by atoms with van der Waals surface area (Å²) in [5.41, 5.74) is 5.55. The van der Waals surface area contributed by atoms with E-state index in [1.807, 2.05) is 66.7 Å². The van der Waals surface area contributed by atoms with Crippen LogP contribution in [0.4, 0.5) is 11.4 Å². The topological polar surface area (TPSA) is 168 Å². The first-order valence-corrected chi connectivity index (χ1v) is 18.7. The maximum atomic E-state index is 13.0. The number of aliphatic hydroxyl groups excluding tert-OH is 2. The highest BCUT2D eigenvalue weighted by molar-refractivity contribution is 5.93. The fourth-order valence-electron chi connectivity index (χ4n) is 7.47. The van der Waals surface area contributed by atoms with Crippen molar-refractivity contribution in [1.82, 2.24) is 20.0 Å². The Kier molecular flexibility index (Phi) is 11.4. The molecule has 2 aliphatic rings. The largest absolute Gasteiger partial charge is 0.378 e.